The Morgan fingerprint density at radius 3 is 2.47 bits per heavy atom. The van der Waals surface area contributed by atoms with E-state index in [2.05, 4.69) is 6.58 Å². The first kappa shape index (κ1) is 11.1. The van der Waals surface area contributed by atoms with E-state index in [9.17, 15) is 0 Å². The summed E-state index contributed by atoms with van der Waals surface area (Å²) in [6.45, 7) is 5.57. The minimum absolute atomic E-state index is 0.369. The van der Waals surface area contributed by atoms with Crippen LogP contribution in [0.15, 0.2) is 18.7 Å². The van der Waals surface area contributed by atoms with Gasteiger partial charge in [0, 0.05) is 5.56 Å². The Labute approximate surface area is 89.6 Å². The Bertz CT molecular complexity index is 430. The molecule has 0 unspecified atom stereocenters. The van der Waals surface area contributed by atoms with Crippen LogP contribution in [-0.2, 0) is 0 Å². The molecule has 0 aromatic heterocycles. The van der Waals surface area contributed by atoms with E-state index in [1.54, 1.807) is 20.3 Å². The molecule has 0 bridgehead atoms. The third-order valence-corrected chi connectivity index (χ3v) is 2.15. The molecule has 0 radical (unpaired) electrons. The van der Waals surface area contributed by atoms with Gasteiger partial charge in [-0.15, -0.1) is 0 Å². The average Bonchev–Trinajstić information content (AvgIpc) is 2.26. The van der Waals surface area contributed by atoms with Crippen LogP contribution in [0.5, 0.6) is 11.5 Å². The second-order valence-corrected chi connectivity index (χ2v) is 3.12. The van der Waals surface area contributed by atoms with Crippen LogP contribution in [0.2, 0.25) is 0 Å². The van der Waals surface area contributed by atoms with E-state index in [4.69, 9.17) is 14.7 Å². The first-order valence-corrected chi connectivity index (χ1v) is 4.46. The van der Waals surface area contributed by atoms with Crippen LogP contribution >= 0.6 is 0 Å². The number of ether oxygens (including phenoxy) is 2. The first-order chi connectivity index (χ1) is 7.13. The zero-order valence-electron chi connectivity index (χ0n) is 9.13. The Morgan fingerprint density at radius 2 is 2.00 bits per heavy atom. The summed E-state index contributed by atoms with van der Waals surface area (Å²) in [7, 11) is 3.16. The van der Waals surface area contributed by atoms with Crippen molar-refractivity contribution in [3.05, 3.63) is 29.8 Å². The van der Waals surface area contributed by atoms with Crippen LogP contribution in [0.1, 0.15) is 11.1 Å². The Morgan fingerprint density at radius 1 is 1.33 bits per heavy atom. The highest BCUT2D eigenvalue weighted by molar-refractivity contribution is 5.80. The molecule has 0 saturated carbocycles. The molecule has 0 heterocycles. The number of rotatable bonds is 3. The molecule has 0 amide bonds. The van der Waals surface area contributed by atoms with Gasteiger partial charge >= 0.3 is 0 Å². The topological polar surface area (TPSA) is 42.2 Å². The zero-order chi connectivity index (χ0) is 11.4. The zero-order valence-corrected chi connectivity index (χ0v) is 9.13. The van der Waals surface area contributed by atoms with Crippen LogP contribution in [0.4, 0.5) is 0 Å². The predicted octanol–water partition coefficient (Wildman–Crippen LogP) is 2.55. The van der Waals surface area contributed by atoms with Crippen LogP contribution in [-0.4, -0.2) is 14.2 Å². The average molecular weight is 203 g/mol. The van der Waals surface area contributed by atoms with Crippen LogP contribution in [0.3, 0.4) is 0 Å². The normalized spacial score (nSPS) is 9.20. The lowest BCUT2D eigenvalue weighted by atomic mass is 10.0. The Hall–Kier alpha value is -1.95. The summed E-state index contributed by atoms with van der Waals surface area (Å²) in [5.41, 5.74) is 1.97. The summed E-state index contributed by atoms with van der Waals surface area (Å²) in [5.74, 6) is 1.36. The van der Waals surface area contributed by atoms with Crippen molar-refractivity contribution >= 4 is 5.57 Å². The Kier molecular flexibility index (Phi) is 3.35. The lowest BCUT2D eigenvalue weighted by Crippen LogP contribution is -1.95. The quantitative estimate of drug-likeness (QED) is 0.709. The number of benzene rings is 1. The molecule has 3 nitrogen and oxygen atoms in total. The maximum absolute atomic E-state index is 8.82. The highest BCUT2D eigenvalue weighted by Gasteiger charge is 2.11. The molecular formula is C12H13NO2. The molecule has 15 heavy (non-hydrogen) atoms. The summed E-state index contributed by atoms with van der Waals surface area (Å²) >= 11 is 0. The third kappa shape index (κ3) is 2.10. The second kappa shape index (κ2) is 4.52. The van der Waals surface area contributed by atoms with Crippen LogP contribution < -0.4 is 9.47 Å². The monoisotopic (exact) mass is 203 g/mol. The van der Waals surface area contributed by atoms with Gasteiger partial charge in [-0.25, -0.2) is 0 Å². The standard InChI is InChI=1S/C12H13NO2/c1-8-5-10(14-3)6-11(9(2)7-13)12(8)15-4/h5-6H,2H2,1,3-4H3. The number of hydrogen-bond donors (Lipinski definition) is 0. The second-order valence-electron chi connectivity index (χ2n) is 3.12. The van der Waals surface area contributed by atoms with Crippen molar-refractivity contribution in [3.8, 4) is 17.6 Å². The SMILES string of the molecule is C=C(C#N)c1cc(OC)cc(C)c1OC. The van der Waals surface area contributed by atoms with Gasteiger partial charge in [-0.2, -0.15) is 5.26 Å². The lowest BCUT2D eigenvalue weighted by Gasteiger charge is -2.12. The summed E-state index contributed by atoms with van der Waals surface area (Å²) < 4.78 is 10.4. The minimum Gasteiger partial charge on any atom is -0.497 e. The molecule has 0 spiro atoms. The van der Waals surface area contributed by atoms with Crippen molar-refractivity contribution in [2.24, 2.45) is 0 Å². The highest BCUT2D eigenvalue weighted by atomic mass is 16.5. The fraction of sp³-hybridized carbons (Fsp3) is 0.250. The smallest absolute Gasteiger partial charge is 0.130 e. The summed E-state index contributed by atoms with van der Waals surface area (Å²) in [4.78, 5) is 0. The number of allylic oxidation sites excluding steroid dienone is 1. The van der Waals surface area contributed by atoms with Crippen molar-refractivity contribution in [2.45, 2.75) is 6.92 Å². The molecule has 0 aliphatic heterocycles. The van der Waals surface area contributed by atoms with Gasteiger partial charge in [0.05, 0.1) is 25.9 Å². The maximum Gasteiger partial charge on any atom is 0.130 e. The highest BCUT2D eigenvalue weighted by Crippen LogP contribution is 2.32. The van der Waals surface area contributed by atoms with Gasteiger partial charge in [0.15, 0.2) is 0 Å². The van der Waals surface area contributed by atoms with E-state index in [0.717, 1.165) is 5.56 Å². The maximum atomic E-state index is 8.82. The van der Waals surface area contributed by atoms with Crippen molar-refractivity contribution in [3.63, 3.8) is 0 Å². The third-order valence-electron chi connectivity index (χ3n) is 2.15. The molecule has 1 aromatic carbocycles. The summed E-state index contributed by atoms with van der Waals surface area (Å²) in [5, 5.41) is 8.82. The molecule has 0 aliphatic rings. The van der Waals surface area contributed by atoms with Gasteiger partial charge in [0.25, 0.3) is 0 Å². The molecular weight excluding hydrogens is 190 g/mol. The van der Waals surface area contributed by atoms with E-state index < -0.39 is 0 Å². The molecule has 0 atom stereocenters. The van der Waals surface area contributed by atoms with E-state index in [0.29, 0.717) is 22.6 Å². The number of methoxy groups -OCH3 is 2. The fourth-order valence-corrected chi connectivity index (χ4v) is 1.41. The van der Waals surface area contributed by atoms with Crippen LogP contribution in [0, 0.1) is 18.3 Å². The molecule has 78 valence electrons. The molecule has 0 N–H and O–H groups in total. The fourth-order valence-electron chi connectivity index (χ4n) is 1.41. The van der Waals surface area contributed by atoms with Crippen molar-refractivity contribution in [1.82, 2.24) is 0 Å². The number of nitrogens with zero attached hydrogens (tertiary/aromatic N) is 1. The Balaban J connectivity index is 3.40. The van der Waals surface area contributed by atoms with Gasteiger partial charge < -0.3 is 9.47 Å². The van der Waals surface area contributed by atoms with Crippen molar-refractivity contribution in [2.75, 3.05) is 14.2 Å². The number of nitriles is 1. The van der Waals surface area contributed by atoms with Crippen molar-refractivity contribution < 1.29 is 9.47 Å². The van der Waals surface area contributed by atoms with Crippen molar-refractivity contribution in [1.29, 1.82) is 5.26 Å². The molecule has 0 aliphatic carbocycles. The van der Waals surface area contributed by atoms with E-state index in [1.807, 2.05) is 19.1 Å². The van der Waals surface area contributed by atoms with Gasteiger partial charge in [-0.1, -0.05) is 6.58 Å². The largest absolute Gasteiger partial charge is 0.497 e. The van der Waals surface area contributed by atoms with Gasteiger partial charge in [-0.3, -0.25) is 0 Å². The van der Waals surface area contributed by atoms with E-state index in [1.165, 1.54) is 0 Å². The summed E-state index contributed by atoms with van der Waals surface area (Å²) in [6, 6.07) is 5.61. The minimum atomic E-state index is 0.369. The van der Waals surface area contributed by atoms with Gasteiger partial charge in [0.1, 0.15) is 11.5 Å². The molecule has 3 heteroatoms. The van der Waals surface area contributed by atoms with E-state index >= 15 is 0 Å². The molecule has 1 rings (SSSR count). The summed E-state index contributed by atoms with van der Waals surface area (Å²) in [6.07, 6.45) is 0. The van der Waals surface area contributed by atoms with Crippen LogP contribution in [0.25, 0.3) is 5.57 Å². The molecule has 1 aromatic rings. The van der Waals surface area contributed by atoms with Gasteiger partial charge in [-0.05, 0) is 24.6 Å². The lowest BCUT2D eigenvalue weighted by molar-refractivity contribution is 0.399. The molecule has 0 saturated heterocycles. The van der Waals surface area contributed by atoms with Gasteiger partial charge in [0.2, 0.25) is 0 Å². The number of aryl methyl sites for hydroxylation is 1. The van der Waals surface area contributed by atoms with E-state index in [-0.39, 0.29) is 0 Å². The molecule has 0 fully saturated rings. The first-order valence-electron chi connectivity index (χ1n) is 4.46. The predicted molar refractivity (Wildman–Crippen MR) is 58.9 cm³/mol. The number of hydrogen-bond acceptors (Lipinski definition) is 3.